The zero-order chi connectivity index (χ0) is 11.4. The highest BCUT2D eigenvalue weighted by Crippen LogP contribution is 2.33. The van der Waals surface area contributed by atoms with E-state index >= 15 is 0 Å². The predicted octanol–water partition coefficient (Wildman–Crippen LogP) is 1.38. The van der Waals surface area contributed by atoms with Crippen molar-refractivity contribution in [3.05, 3.63) is 0 Å². The normalized spacial score (nSPS) is 19.1. The fourth-order valence-electron chi connectivity index (χ4n) is 2.18. The lowest BCUT2D eigenvalue weighted by Crippen LogP contribution is -2.67. The molecule has 0 heterocycles. The zero-order valence-corrected chi connectivity index (χ0v) is 10.0. The van der Waals surface area contributed by atoms with Crippen molar-refractivity contribution in [1.82, 2.24) is 0 Å². The van der Waals surface area contributed by atoms with E-state index in [1.165, 1.54) is 0 Å². The van der Waals surface area contributed by atoms with Gasteiger partial charge < -0.3 is 16.6 Å². The molecule has 0 radical (unpaired) electrons. The maximum absolute atomic E-state index is 10.6. The third-order valence-electron chi connectivity index (χ3n) is 3.72. The topological polar surface area (TPSA) is 72.3 Å². The second kappa shape index (κ2) is 5.10. The second-order valence-corrected chi connectivity index (χ2v) is 4.16. The minimum atomic E-state index is -0.939. The summed E-state index contributed by atoms with van der Waals surface area (Å²) in [6.07, 6.45) is 2.87. The number of aliphatic hydroxyl groups is 1. The van der Waals surface area contributed by atoms with Gasteiger partial charge >= 0.3 is 0 Å². The van der Waals surface area contributed by atoms with Gasteiger partial charge in [0.2, 0.25) is 0 Å². The molecular formula is C11H26N2O. The van der Waals surface area contributed by atoms with E-state index in [9.17, 15) is 5.11 Å². The Labute approximate surface area is 87.9 Å². The smallest absolute Gasteiger partial charge is 0.0973 e. The molecule has 2 atom stereocenters. The van der Waals surface area contributed by atoms with Crippen molar-refractivity contribution in [2.24, 2.45) is 11.5 Å². The van der Waals surface area contributed by atoms with Gasteiger partial charge in [0.05, 0.1) is 5.60 Å². The Hall–Kier alpha value is -0.120. The minimum absolute atomic E-state index is 0.239. The van der Waals surface area contributed by atoms with E-state index in [4.69, 9.17) is 11.5 Å². The molecule has 86 valence electrons. The van der Waals surface area contributed by atoms with Crippen molar-refractivity contribution in [1.29, 1.82) is 0 Å². The summed E-state index contributed by atoms with van der Waals surface area (Å²) in [5, 5.41) is 10.6. The summed E-state index contributed by atoms with van der Waals surface area (Å²) < 4.78 is 0. The van der Waals surface area contributed by atoms with E-state index in [2.05, 4.69) is 0 Å². The summed E-state index contributed by atoms with van der Waals surface area (Å²) in [5.74, 6) is 0. The Morgan fingerprint density at radius 2 is 1.50 bits per heavy atom. The molecule has 0 aromatic heterocycles. The number of nitrogens with two attached hydrogens (primary N) is 2. The van der Waals surface area contributed by atoms with Crippen LogP contribution in [0.25, 0.3) is 0 Å². The van der Waals surface area contributed by atoms with Crippen LogP contribution < -0.4 is 11.5 Å². The van der Waals surface area contributed by atoms with Gasteiger partial charge in [0.1, 0.15) is 0 Å². The maximum Gasteiger partial charge on any atom is 0.0973 e. The molecule has 2 unspecified atom stereocenters. The molecule has 0 aromatic rings. The van der Waals surface area contributed by atoms with Crippen LogP contribution in [0.2, 0.25) is 0 Å². The van der Waals surface area contributed by atoms with Crippen LogP contribution in [0.15, 0.2) is 0 Å². The molecule has 3 heteroatoms. The summed E-state index contributed by atoms with van der Waals surface area (Å²) in [5.41, 5.74) is 10.7. The first-order valence-electron chi connectivity index (χ1n) is 5.68. The first kappa shape index (κ1) is 13.9. The molecule has 0 amide bonds. The molecule has 14 heavy (non-hydrogen) atoms. The molecule has 3 nitrogen and oxygen atoms in total. The first-order chi connectivity index (χ1) is 6.41. The Kier molecular flexibility index (Phi) is 5.06. The van der Waals surface area contributed by atoms with E-state index < -0.39 is 11.1 Å². The lowest BCUT2D eigenvalue weighted by Gasteiger charge is -2.47. The van der Waals surface area contributed by atoms with E-state index in [1.54, 1.807) is 0 Å². The molecule has 0 spiro atoms. The van der Waals surface area contributed by atoms with Gasteiger partial charge in [0, 0.05) is 11.6 Å². The van der Waals surface area contributed by atoms with Crippen molar-refractivity contribution in [3.63, 3.8) is 0 Å². The molecule has 5 N–H and O–H groups in total. The van der Waals surface area contributed by atoms with Crippen molar-refractivity contribution in [2.75, 3.05) is 0 Å². The van der Waals surface area contributed by atoms with E-state index in [0.29, 0.717) is 6.42 Å². The highest BCUT2D eigenvalue weighted by Gasteiger charge is 2.47. The SMILES string of the molecule is CCC(N)C(O)(CC)C(N)(CC)CC. The van der Waals surface area contributed by atoms with Crippen LogP contribution in [0.4, 0.5) is 0 Å². The highest BCUT2D eigenvalue weighted by atomic mass is 16.3. The van der Waals surface area contributed by atoms with E-state index in [0.717, 1.165) is 19.3 Å². The summed E-state index contributed by atoms with van der Waals surface area (Å²) >= 11 is 0. The molecule has 0 aliphatic carbocycles. The summed E-state index contributed by atoms with van der Waals surface area (Å²) in [4.78, 5) is 0. The Balaban J connectivity index is 4.99. The first-order valence-corrected chi connectivity index (χ1v) is 5.68. The Bertz CT molecular complexity index is 169. The Morgan fingerprint density at radius 3 is 1.71 bits per heavy atom. The Morgan fingerprint density at radius 1 is 1.07 bits per heavy atom. The van der Waals surface area contributed by atoms with Gasteiger partial charge in [0.15, 0.2) is 0 Å². The highest BCUT2D eigenvalue weighted by molar-refractivity contribution is 5.06. The van der Waals surface area contributed by atoms with Gasteiger partial charge in [-0.25, -0.2) is 0 Å². The fraction of sp³-hybridized carbons (Fsp3) is 1.00. The minimum Gasteiger partial charge on any atom is -0.386 e. The third kappa shape index (κ3) is 2.10. The molecule has 0 aromatic carbocycles. The predicted molar refractivity (Wildman–Crippen MR) is 61.0 cm³/mol. The van der Waals surface area contributed by atoms with Crippen LogP contribution in [0, 0.1) is 0 Å². The van der Waals surface area contributed by atoms with Crippen LogP contribution in [-0.2, 0) is 0 Å². The van der Waals surface area contributed by atoms with Gasteiger partial charge in [-0.05, 0) is 25.7 Å². The van der Waals surface area contributed by atoms with Crippen molar-refractivity contribution < 1.29 is 5.11 Å². The quantitative estimate of drug-likeness (QED) is 0.609. The average Bonchev–Trinajstić information content (AvgIpc) is 2.25. The largest absolute Gasteiger partial charge is 0.386 e. The van der Waals surface area contributed by atoms with Gasteiger partial charge in [-0.3, -0.25) is 0 Å². The van der Waals surface area contributed by atoms with Gasteiger partial charge in [-0.2, -0.15) is 0 Å². The van der Waals surface area contributed by atoms with Crippen LogP contribution in [0.1, 0.15) is 53.4 Å². The number of hydrogen-bond acceptors (Lipinski definition) is 3. The summed E-state index contributed by atoms with van der Waals surface area (Å²) in [6, 6.07) is -0.239. The molecule has 0 aliphatic heterocycles. The third-order valence-corrected chi connectivity index (χ3v) is 3.72. The van der Waals surface area contributed by atoms with E-state index in [-0.39, 0.29) is 6.04 Å². The molecule has 0 rings (SSSR count). The standard InChI is InChI=1S/C11H26N2O/c1-5-9(12)11(14,8-4)10(13,6-2)7-3/h9,14H,5-8,12-13H2,1-4H3. The molecule has 0 aliphatic rings. The molecular weight excluding hydrogens is 176 g/mol. The van der Waals surface area contributed by atoms with E-state index in [1.807, 2.05) is 27.7 Å². The second-order valence-electron chi connectivity index (χ2n) is 4.16. The molecule has 0 saturated carbocycles. The number of rotatable bonds is 6. The van der Waals surface area contributed by atoms with Crippen molar-refractivity contribution >= 4 is 0 Å². The summed E-state index contributed by atoms with van der Waals surface area (Å²) in [6.45, 7) is 7.94. The zero-order valence-electron chi connectivity index (χ0n) is 10.0. The monoisotopic (exact) mass is 202 g/mol. The average molecular weight is 202 g/mol. The molecule has 0 fully saturated rings. The maximum atomic E-state index is 10.6. The number of hydrogen-bond donors (Lipinski definition) is 3. The lowest BCUT2D eigenvalue weighted by atomic mass is 9.70. The van der Waals surface area contributed by atoms with Crippen LogP contribution in [0.3, 0.4) is 0 Å². The van der Waals surface area contributed by atoms with Gasteiger partial charge in [-0.1, -0.05) is 27.7 Å². The van der Waals surface area contributed by atoms with Crippen LogP contribution >= 0.6 is 0 Å². The van der Waals surface area contributed by atoms with Crippen LogP contribution in [0.5, 0.6) is 0 Å². The van der Waals surface area contributed by atoms with Gasteiger partial charge in [-0.15, -0.1) is 0 Å². The fourth-order valence-corrected chi connectivity index (χ4v) is 2.18. The van der Waals surface area contributed by atoms with Crippen molar-refractivity contribution in [2.45, 2.75) is 70.6 Å². The lowest BCUT2D eigenvalue weighted by molar-refractivity contribution is -0.0646. The molecule has 0 saturated heterocycles. The molecule has 0 bridgehead atoms. The van der Waals surface area contributed by atoms with Crippen LogP contribution in [-0.4, -0.2) is 22.3 Å². The van der Waals surface area contributed by atoms with Gasteiger partial charge in [0.25, 0.3) is 0 Å². The summed E-state index contributed by atoms with van der Waals surface area (Å²) in [7, 11) is 0. The van der Waals surface area contributed by atoms with Crippen molar-refractivity contribution in [3.8, 4) is 0 Å².